The van der Waals surface area contributed by atoms with Crippen LogP contribution in [0.4, 0.5) is 4.39 Å². The Balaban J connectivity index is 1.82. The molecule has 3 rings (SSSR count). The Kier molecular flexibility index (Phi) is 4.94. The van der Waals surface area contributed by atoms with E-state index in [1.165, 1.54) is 28.6 Å². The number of tetrazole rings is 1. The topological polar surface area (TPSA) is 60.7 Å². The van der Waals surface area contributed by atoms with E-state index in [0.29, 0.717) is 16.4 Å². The average molecular weight is 356 g/mol. The Labute approximate surface area is 149 Å². The molecule has 0 aliphatic carbocycles. The Morgan fingerprint density at radius 1 is 1.16 bits per heavy atom. The third-order valence-corrected chi connectivity index (χ3v) is 4.97. The van der Waals surface area contributed by atoms with E-state index in [4.69, 9.17) is 0 Å². The molecule has 2 aromatic carbocycles. The largest absolute Gasteiger partial charge is 0.293 e. The molecule has 3 aromatic rings. The summed E-state index contributed by atoms with van der Waals surface area (Å²) in [6, 6.07) is 11.7. The predicted octanol–water partition coefficient (Wildman–Crippen LogP) is 3.78. The van der Waals surface area contributed by atoms with Crippen LogP contribution < -0.4 is 0 Å². The monoisotopic (exact) mass is 356 g/mol. The van der Waals surface area contributed by atoms with Gasteiger partial charge in [-0.15, -0.1) is 5.10 Å². The van der Waals surface area contributed by atoms with Gasteiger partial charge in [-0.25, -0.2) is 4.39 Å². The van der Waals surface area contributed by atoms with E-state index in [9.17, 15) is 9.18 Å². The molecule has 0 saturated heterocycles. The zero-order valence-corrected chi connectivity index (χ0v) is 14.9. The van der Waals surface area contributed by atoms with Gasteiger partial charge >= 0.3 is 0 Å². The number of hydrogen-bond donors (Lipinski definition) is 0. The summed E-state index contributed by atoms with van der Waals surface area (Å²) in [6.45, 7) is 5.80. The second-order valence-corrected chi connectivity index (χ2v) is 7.08. The van der Waals surface area contributed by atoms with Crippen LogP contribution in [-0.2, 0) is 0 Å². The molecule has 0 radical (unpaired) electrons. The number of Topliss-reactive ketones (excluding diaryl/α,β-unsaturated/α-hetero) is 1. The van der Waals surface area contributed by atoms with Crippen molar-refractivity contribution >= 4 is 17.5 Å². The van der Waals surface area contributed by atoms with Crippen LogP contribution in [0.3, 0.4) is 0 Å². The minimum absolute atomic E-state index is 0.00175. The number of halogens is 1. The second kappa shape index (κ2) is 7.14. The van der Waals surface area contributed by atoms with Crippen molar-refractivity contribution < 1.29 is 9.18 Å². The number of carbonyl (C=O) groups excluding carboxylic acids is 1. The maximum Gasteiger partial charge on any atom is 0.214 e. The Morgan fingerprint density at radius 3 is 2.68 bits per heavy atom. The lowest BCUT2D eigenvalue weighted by molar-refractivity contribution is 0.0993. The SMILES string of the molecule is Cc1ccc(C(=O)C(C)Sc2nnnn2-c2cccc(F)c2)cc1C. The summed E-state index contributed by atoms with van der Waals surface area (Å²) in [5.41, 5.74) is 3.39. The highest BCUT2D eigenvalue weighted by Gasteiger charge is 2.21. The normalized spacial score (nSPS) is 12.2. The van der Waals surface area contributed by atoms with Crippen LogP contribution in [-0.4, -0.2) is 31.2 Å². The first kappa shape index (κ1) is 17.3. The van der Waals surface area contributed by atoms with E-state index in [1.807, 2.05) is 39.0 Å². The van der Waals surface area contributed by atoms with Crippen molar-refractivity contribution in [2.24, 2.45) is 0 Å². The van der Waals surface area contributed by atoms with Crippen molar-refractivity contribution in [1.29, 1.82) is 0 Å². The number of benzene rings is 2. The molecule has 7 heteroatoms. The quantitative estimate of drug-likeness (QED) is 0.514. The van der Waals surface area contributed by atoms with Crippen molar-refractivity contribution in [2.75, 3.05) is 0 Å². The van der Waals surface area contributed by atoms with Crippen molar-refractivity contribution in [2.45, 2.75) is 31.2 Å². The summed E-state index contributed by atoms with van der Waals surface area (Å²) in [5, 5.41) is 11.6. The van der Waals surface area contributed by atoms with Gasteiger partial charge in [0, 0.05) is 5.56 Å². The average Bonchev–Trinajstić information content (AvgIpc) is 3.04. The number of nitrogens with zero attached hydrogens (tertiary/aromatic N) is 4. The smallest absolute Gasteiger partial charge is 0.214 e. The molecule has 1 unspecified atom stereocenters. The molecule has 1 aromatic heterocycles. The highest BCUT2D eigenvalue weighted by Crippen LogP contribution is 2.26. The third kappa shape index (κ3) is 3.76. The lowest BCUT2D eigenvalue weighted by Crippen LogP contribution is -2.15. The van der Waals surface area contributed by atoms with E-state index >= 15 is 0 Å². The molecule has 1 heterocycles. The summed E-state index contributed by atoms with van der Waals surface area (Å²) < 4.78 is 14.9. The summed E-state index contributed by atoms with van der Waals surface area (Å²) in [7, 11) is 0. The van der Waals surface area contributed by atoms with Gasteiger partial charge in [0.25, 0.3) is 0 Å². The molecule has 5 nitrogen and oxygen atoms in total. The zero-order valence-electron chi connectivity index (χ0n) is 14.1. The van der Waals surface area contributed by atoms with Gasteiger partial charge in [-0.05, 0) is 66.6 Å². The number of ketones is 1. The molecule has 25 heavy (non-hydrogen) atoms. The first-order chi connectivity index (χ1) is 12.0. The molecule has 0 N–H and O–H groups in total. The van der Waals surface area contributed by atoms with Crippen molar-refractivity contribution in [3.05, 3.63) is 65.0 Å². The van der Waals surface area contributed by atoms with Crippen molar-refractivity contribution in [1.82, 2.24) is 20.2 Å². The number of hydrogen-bond acceptors (Lipinski definition) is 5. The summed E-state index contributed by atoms with van der Waals surface area (Å²) in [6.07, 6.45) is 0. The molecule has 128 valence electrons. The summed E-state index contributed by atoms with van der Waals surface area (Å²) in [4.78, 5) is 12.7. The van der Waals surface area contributed by atoms with Crippen LogP contribution in [0.1, 0.15) is 28.4 Å². The van der Waals surface area contributed by atoms with Crippen LogP contribution in [0.25, 0.3) is 5.69 Å². The molecule has 0 bridgehead atoms. The molecule has 0 saturated carbocycles. The zero-order chi connectivity index (χ0) is 18.0. The van der Waals surface area contributed by atoms with Gasteiger partial charge in [-0.3, -0.25) is 4.79 Å². The van der Waals surface area contributed by atoms with E-state index < -0.39 is 0 Å². The van der Waals surface area contributed by atoms with Gasteiger partial charge in [0.1, 0.15) is 5.82 Å². The first-order valence-corrected chi connectivity index (χ1v) is 8.66. The maximum absolute atomic E-state index is 13.4. The third-order valence-electron chi connectivity index (χ3n) is 3.94. The number of carbonyl (C=O) groups is 1. The van der Waals surface area contributed by atoms with E-state index in [-0.39, 0.29) is 16.9 Å². The van der Waals surface area contributed by atoms with Crippen LogP contribution in [0.15, 0.2) is 47.6 Å². The summed E-state index contributed by atoms with van der Waals surface area (Å²) >= 11 is 1.25. The highest BCUT2D eigenvalue weighted by molar-refractivity contribution is 8.00. The molecule has 0 amide bonds. The standard InChI is InChI=1S/C18H17FN4OS/c1-11-7-8-14(9-12(11)2)17(24)13(3)25-18-20-21-22-23(18)16-6-4-5-15(19)10-16/h4-10,13H,1-3H3. The van der Waals surface area contributed by atoms with Gasteiger partial charge in [0.05, 0.1) is 10.9 Å². The lowest BCUT2D eigenvalue weighted by Gasteiger charge is -2.11. The fourth-order valence-corrected chi connectivity index (χ4v) is 3.25. The van der Waals surface area contributed by atoms with Crippen LogP contribution >= 0.6 is 11.8 Å². The molecule has 1 atom stereocenters. The van der Waals surface area contributed by atoms with Gasteiger partial charge < -0.3 is 0 Å². The van der Waals surface area contributed by atoms with Gasteiger partial charge in [0.15, 0.2) is 5.78 Å². The van der Waals surface area contributed by atoms with Gasteiger partial charge in [-0.1, -0.05) is 30.0 Å². The Morgan fingerprint density at radius 2 is 1.96 bits per heavy atom. The second-order valence-electron chi connectivity index (χ2n) is 5.78. The van der Waals surface area contributed by atoms with E-state index in [1.54, 1.807) is 12.1 Å². The minimum atomic E-state index is -0.375. The van der Waals surface area contributed by atoms with Crippen LogP contribution in [0.2, 0.25) is 0 Å². The van der Waals surface area contributed by atoms with Crippen LogP contribution in [0, 0.1) is 19.7 Å². The predicted molar refractivity (Wildman–Crippen MR) is 94.7 cm³/mol. The van der Waals surface area contributed by atoms with E-state index in [0.717, 1.165) is 11.1 Å². The first-order valence-electron chi connectivity index (χ1n) is 7.78. The van der Waals surface area contributed by atoms with Crippen molar-refractivity contribution in [3.63, 3.8) is 0 Å². The van der Waals surface area contributed by atoms with E-state index in [2.05, 4.69) is 15.5 Å². The lowest BCUT2D eigenvalue weighted by atomic mass is 10.0. The van der Waals surface area contributed by atoms with Crippen LogP contribution in [0.5, 0.6) is 0 Å². The minimum Gasteiger partial charge on any atom is -0.293 e. The fraction of sp³-hybridized carbons (Fsp3) is 0.222. The molecular weight excluding hydrogens is 339 g/mol. The summed E-state index contributed by atoms with van der Waals surface area (Å²) in [5.74, 6) is -0.370. The van der Waals surface area contributed by atoms with Gasteiger partial charge in [-0.2, -0.15) is 4.68 Å². The van der Waals surface area contributed by atoms with Crippen molar-refractivity contribution in [3.8, 4) is 5.69 Å². The fourth-order valence-electron chi connectivity index (χ4n) is 2.36. The Bertz CT molecular complexity index is 925. The number of rotatable bonds is 5. The number of aromatic nitrogens is 4. The molecular formula is C18H17FN4OS. The molecule has 0 spiro atoms. The molecule has 0 aliphatic rings. The number of aryl methyl sites for hydroxylation is 2. The maximum atomic E-state index is 13.4. The highest BCUT2D eigenvalue weighted by atomic mass is 32.2. The molecule has 0 fully saturated rings. The Hall–Kier alpha value is -2.54. The number of thioether (sulfide) groups is 1. The molecule has 0 aliphatic heterocycles. The van der Waals surface area contributed by atoms with Gasteiger partial charge in [0.2, 0.25) is 5.16 Å².